The maximum Gasteiger partial charge on any atom is 0.537 e. The number of benzene rings is 1. The first-order valence-corrected chi connectivity index (χ1v) is 12.7. The molecule has 0 saturated heterocycles. The van der Waals surface area contributed by atoms with E-state index in [4.69, 9.17) is 27.2 Å². The molecule has 0 amide bonds. The predicted octanol–water partition coefficient (Wildman–Crippen LogP) is 2.63. The summed E-state index contributed by atoms with van der Waals surface area (Å²) >= 11 is 0. The predicted molar refractivity (Wildman–Crippen MR) is 110 cm³/mol. The molecule has 9 heteroatoms. The van der Waals surface area contributed by atoms with Gasteiger partial charge in [0.1, 0.15) is 0 Å². The van der Waals surface area contributed by atoms with Crippen LogP contribution in [0.15, 0.2) is 30.8 Å². The molecule has 1 aromatic rings. The van der Waals surface area contributed by atoms with Crippen LogP contribution in [0.2, 0.25) is 12.6 Å². The molecule has 7 nitrogen and oxygen atoms in total. The van der Waals surface area contributed by atoms with E-state index in [1.807, 2.05) is 30.8 Å². The summed E-state index contributed by atoms with van der Waals surface area (Å²) in [5, 5.41) is 9.33. The van der Waals surface area contributed by atoms with Crippen molar-refractivity contribution >= 4 is 34.6 Å². The molecule has 0 bridgehead atoms. The molecule has 0 radical (unpaired) electrons. The second kappa shape index (κ2) is 12.9. The van der Waals surface area contributed by atoms with E-state index in [-0.39, 0.29) is 6.42 Å². The van der Waals surface area contributed by atoms with Gasteiger partial charge in [0.25, 0.3) is 0 Å². The molecule has 0 saturated carbocycles. The van der Waals surface area contributed by atoms with Gasteiger partial charge in [-0.3, -0.25) is 4.79 Å². The average Bonchev–Trinajstić information content (AvgIpc) is 2.70. The van der Waals surface area contributed by atoms with Gasteiger partial charge >= 0.3 is 23.3 Å². The van der Waals surface area contributed by atoms with Gasteiger partial charge in [-0.05, 0) is 24.6 Å². The largest absolute Gasteiger partial charge is 0.537 e. The molecule has 1 N–H and O–H groups in total. The summed E-state index contributed by atoms with van der Waals surface area (Å²) in [5.74, 6) is -0.765. The minimum atomic E-state index is -2.73. The molecule has 0 aliphatic rings. The van der Waals surface area contributed by atoms with Gasteiger partial charge in [0.2, 0.25) is 0 Å². The van der Waals surface area contributed by atoms with Crippen LogP contribution in [0.5, 0.6) is 0 Å². The van der Waals surface area contributed by atoms with Crippen LogP contribution in [-0.2, 0) is 26.9 Å². The van der Waals surface area contributed by atoms with Crippen molar-refractivity contribution in [3.05, 3.63) is 36.4 Å². The van der Waals surface area contributed by atoms with Crippen LogP contribution >= 0.6 is 0 Å². The lowest BCUT2D eigenvalue weighted by Crippen LogP contribution is -2.55. The first kappa shape index (κ1) is 25.7. The Labute approximate surface area is 164 Å². The number of carboxylic acid groups (broad SMARTS) is 1. The van der Waals surface area contributed by atoms with Crippen molar-refractivity contribution in [2.24, 2.45) is 0 Å². The maximum atomic E-state index is 10.2. The number of carbonyl (C=O) groups is 1. The minimum Gasteiger partial charge on any atom is -0.481 e. The van der Waals surface area contributed by atoms with Crippen molar-refractivity contribution in [3.8, 4) is 0 Å². The Kier molecular flexibility index (Phi) is 12.3. The Morgan fingerprint density at radius 2 is 1.56 bits per heavy atom. The molecule has 154 valence electrons. The van der Waals surface area contributed by atoms with E-state index in [1.165, 1.54) is 0 Å². The van der Waals surface area contributed by atoms with Crippen LogP contribution in [-0.4, -0.2) is 64.0 Å². The van der Waals surface area contributed by atoms with E-state index in [0.717, 1.165) is 16.8 Å². The second-order valence-electron chi connectivity index (χ2n) is 5.75. The third kappa shape index (κ3) is 8.05. The molecule has 0 unspecified atom stereocenters. The summed E-state index contributed by atoms with van der Waals surface area (Å²) in [6, 6.07) is 8.51. The quantitative estimate of drug-likeness (QED) is 0.555. The van der Waals surface area contributed by atoms with Crippen LogP contribution in [0.3, 0.4) is 0 Å². The molecule has 0 fully saturated rings. The number of hydrogen-bond donors (Lipinski definition) is 1. The van der Waals surface area contributed by atoms with Crippen LogP contribution in [0.25, 0.3) is 6.08 Å². The van der Waals surface area contributed by atoms with Crippen molar-refractivity contribution in [2.45, 2.75) is 25.4 Å². The van der Waals surface area contributed by atoms with Gasteiger partial charge in [-0.1, -0.05) is 36.9 Å². The lowest BCUT2D eigenvalue weighted by molar-refractivity contribution is -0.137. The SMILES string of the molecule is C=Cc1ccccc1[Si](OC)(OC)OC.CO[Si](C)(CCCC(=O)O)OC. The van der Waals surface area contributed by atoms with E-state index in [9.17, 15) is 4.79 Å². The summed E-state index contributed by atoms with van der Waals surface area (Å²) in [5.41, 5.74) is 0.981. The van der Waals surface area contributed by atoms with E-state index >= 15 is 0 Å². The first-order chi connectivity index (χ1) is 12.8. The Morgan fingerprint density at radius 3 is 1.96 bits per heavy atom. The minimum absolute atomic E-state index is 0.190. The Bertz CT molecular complexity index is 564. The van der Waals surface area contributed by atoms with Crippen molar-refractivity contribution in [2.75, 3.05) is 35.5 Å². The lowest BCUT2D eigenvalue weighted by atomic mass is 10.2. The topological polar surface area (TPSA) is 83.5 Å². The Hall–Kier alpha value is -1.34. The monoisotopic (exact) mass is 416 g/mol. The van der Waals surface area contributed by atoms with Gasteiger partial charge in [-0.15, -0.1) is 0 Å². The summed E-state index contributed by atoms with van der Waals surface area (Å²) < 4.78 is 26.6. The zero-order valence-electron chi connectivity index (χ0n) is 17.1. The van der Waals surface area contributed by atoms with E-state index < -0.39 is 23.3 Å². The fraction of sp³-hybridized carbons (Fsp3) is 0.500. The summed E-state index contributed by atoms with van der Waals surface area (Å²) in [6.45, 7) is 5.69. The van der Waals surface area contributed by atoms with Crippen molar-refractivity contribution in [1.29, 1.82) is 0 Å². The van der Waals surface area contributed by atoms with Crippen molar-refractivity contribution in [3.63, 3.8) is 0 Å². The van der Waals surface area contributed by atoms with Gasteiger partial charge in [-0.25, -0.2) is 0 Å². The van der Waals surface area contributed by atoms with E-state index in [0.29, 0.717) is 6.42 Å². The fourth-order valence-corrected chi connectivity index (χ4v) is 5.77. The van der Waals surface area contributed by atoms with Gasteiger partial charge in [0.15, 0.2) is 0 Å². The van der Waals surface area contributed by atoms with E-state index in [2.05, 4.69) is 6.58 Å². The molecular weight excluding hydrogens is 384 g/mol. The smallest absolute Gasteiger partial charge is 0.481 e. The molecule has 0 atom stereocenters. The highest BCUT2D eigenvalue weighted by atomic mass is 28.4. The van der Waals surface area contributed by atoms with Gasteiger partial charge in [0, 0.05) is 47.2 Å². The molecule has 0 aromatic heterocycles. The van der Waals surface area contributed by atoms with Crippen LogP contribution < -0.4 is 5.19 Å². The zero-order valence-corrected chi connectivity index (χ0v) is 19.1. The highest BCUT2D eigenvalue weighted by Crippen LogP contribution is 2.14. The molecular formula is C18H32O7Si2. The molecule has 0 heterocycles. The Morgan fingerprint density at radius 1 is 1.04 bits per heavy atom. The fourth-order valence-electron chi connectivity index (χ4n) is 2.38. The molecule has 1 aromatic carbocycles. The summed E-state index contributed by atoms with van der Waals surface area (Å²) in [4.78, 5) is 10.2. The third-order valence-electron chi connectivity index (χ3n) is 4.20. The highest BCUT2D eigenvalue weighted by molar-refractivity contribution is 6.76. The van der Waals surface area contributed by atoms with Crippen LogP contribution in [0.4, 0.5) is 0 Å². The second-order valence-corrected chi connectivity index (χ2v) is 12.2. The standard InChI is InChI=1S/C11H16O3Si.C7H16O4Si/c1-5-10-8-6-7-9-11(10)15(12-2,13-3)14-4;1-10-12(3,11-2)6-4-5-7(8)9/h5-9H,1H2,2-4H3;4-6H2,1-3H3,(H,8,9). The number of rotatable bonds is 11. The zero-order chi connectivity index (χ0) is 20.9. The molecule has 27 heavy (non-hydrogen) atoms. The third-order valence-corrected chi connectivity index (χ3v) is 9.92. The number of hydrogen-bond acceptors (Lipinski definition) is 6. The molecule has 1 rings (SSSR count). The van der Waals surface area contributed by atoms with Crippen molar-refractivity contribution < 1.29 is 32.0 Å². The van der Waals surface area contributed by atoms with E-state index in [1.54, 1.807) is 41.6 Å². The summed E-state index contributed by atoms with van der Waals surface area (Å²) in [6.07, 6.45) is 2.59. The van der Waals surface area contributed by atoms with Gasteiger partial charge in [-0.2, -0.15) is 0 Å². The summed E-state index contributed by atoms with van der Waals surface area (Å²) in [7, 11) is 3.25. The molecule has 0 aliphatic heterocycles. The Balaban J connectivity index is 0.000000516. The van der Waals surface area contributed by atoms with Gasteiger partial charge < -0.3 is 27.2 Å². The molecule has 0 spiro atoms. The molecule has 0 aliphatic carbocycles. The number of carboxylic acids is 1. The van der Waals surface area contributed by atoms with Crippen LogP contribution in [0, 0.1) is 0 Å². The van der Waals surface area contributed by atoms with Gasteiger partial charge in [0.05, 0.1) is 0 Å². The first-order valence-electron chi connectivity index (χ1n) is 8.47. The number of aliphatic carboxylic acids is 1. The average molecular weight is 417 g/mol. The highest BCUT2D eigenvalue weighted by Gasteiger charge is 2.42. The maximum absolute atomic E-state index is 10.2. The van der Waals surface area contributed by atoms with Crippen molar-refractivity contribution in [1.82, 2.24) is 0 Å². The van der Waals surface area contributed by atoms with Crippen LogP contribution in [0.1, 0.15) is 18.4 Å². The lowest BCUT2D eigenvalue weighted by Gasteiger charge is -2.25. The normalized spacial score (nSPS) is 11.5.